The molecule has 1 saturated heterocycles. The number of carbonyl (C=O) groups is 3. The standard InChI is InChI=1S/C17H18N4O5/c1-4-26-15(23)13-8-17(21(18-13)19-25)9-14(22)20(16(17)24)12-6-5-10(2)11(3)7-12/h5-7H,4,8-9H2,1-3H3. The molecule has 2 amide bonds. The van der Waals surface area contributed by atoms with Crippen LogP contribution in [0.4, 0.5) is 5.69 Å². The summed E-state index contributed by atoms with van der Waals surface area (Å²) in [6.07, 6.45) is -0.500. The summed E-state index contributed by atoms with van der Waals surface area (Å²) < 4.78 is 4.87. The first-order valence-corrected chi connectivity index (χ1v) is 8.17. The first-order valence-electron chi connectivity index (χ1n) is 8.17. The molecular weight excluding hydrogens is 340 g/mol. The molecule has 9 heteroatoms. The molecule has 2 aliphatic rings. The fourth-order valence-corrected chi connectivity index (χ4v) is 3.16. The van der Waals surface area contributed by atoms with E-state index in [4.69, 9.17) is 4.74 Å². The second-order valence-corrected chi connectivity index (χ2v) is 6.33. The number of carbonyl (C=O) groups excluding carboxylic acids is 3. The predicted octanol–water partition coefficient (Wildman–Crippen LogP) is 1.61. The quantitative estimate of drug-likeness (QED) is 0.459. The lowest BCUT2D eigenvalue weighted by Gasteiger charge is -2.25. The van der Waals surface area contributed by atoms with Gasteiger partial charge in [0.05, 0.1) is 24.0 Å². The molecule has 1 spiro atoms. The number of benzene rings is 1. The topological polar surface area (TPSA) is 109 Å². The molecule has 1 atom stereocenters. The molecule has 0 aliphatic carbocycles. The van der Waals surface area contributed by atoms with Gasteiger partial charge in [0.1, 0.15) is 0 Å². The van der Waals surface area contributed by atoms with E-state index in [1.807, 2.05) is 13.8 Å². The van der Waals surface area contributed by atoms with Gasteiger partial charge in [-0.2, -0.15) is 0 Å². The summed E-state index contributed by atoms with van der Waals surface area (Å²) in [5.41, 5.74) is 0.640. The van der Waals surface area contributed by atoms with Crippen molar-refractivity contribution in [2.24, 2.45) is 10.4 Å². The van der Waals surface area contributed by atoms with E-state index in [1.54, 1.807) is 25.1 Å². The Morgan fingerprint density at radius 3 is 2.62 bits per heavy atom. The van der Waals surface area contributed by atoms with Gasteiger partial charge in [-0.15, -0.1) is 15.1 Å². The van der Waals surface area contributed by atoms with Crippen molar-refractivity contribution in [1.82, 2.24) is 5.12 Å². The molecule has 0 bridgehead atoms. The second-order valence-electron chi connectivity index (χ2n) is 6.33. The minimum atomic E-state index is -1.61. The average molecular weight is 358 g/mol. The minimum absolute atomic E-state index is 0.102. The number of anilines is 1. The van der Waals surface area contributed by atoms with E-state index in [-0.39, 0.29) is 25.2 Å². The molecule has 1 fully saturated rings. The van der Waals surface area contributed by atoms with E-state index in [0.717, 1.165) is 16.0 Å². The molecule has 0 radical (unpaired) electrons. The van der Waals surface area contributed by atoms with Gasteiger partial charge in [-0.1, -0.05) is 6.07 Å². The lowest BCUT2D eigenvalue weighted by atomic mass is 9.92. The van der Waals surface area contributed by atoms with Crippen LogP contribution in [-0.2, 0) is 19.1 Å². The summed E-state index contributed by atoms with van der Waals surface area (Å²) in [6.45, 7) is 5.55. The molecule has 1 aromatic carbocycles. The van der Waals surface area contributed by atoms with Gasteiger partial charge in [-0.05, 0) is 44.0 Å². The third-order valence-electron chi connectivity index (χ3n) is 4.69. The molecule has 0 aromatic heterocycles. The first kappa shape index (κ1) is 17.7. The Morgan fingerprint density at radius 2 is 2.00 bits per heavy atom. The smallest absolute Gasteiger partial charge is 0.354 e. The van der Waals surface area contributed by atoms with Crippen LogP contribution < -0.4 is 4.90 Å². The SMILES string of the molecule is CCOC(=O)C1=NN(N=O)C2(CC(=O)N(c3ccc(C)c(C)c3)C2=O)C1. The zero-order valence-electron chi connectivity index (χ0n) is 14.7. The van der Waals surface area contributed by atoms with Crippen molar-refractivity contribution in [3.05, 3.63) is 34.2 Å². The molecule has 3 rings (SSSR count). The highest BCUT2D eigenvalue weighted by Crippen LogP contribution is 2.40. The molecule has 1 unspecified atom stereocenters. The number of hydrogen-bond acceptors (Lipinski definition) is 7. The van der Waals surface area contributed by atoms with Crippen LogP contribution in [-0.4, -0.2) is 40.8 Å². The Kier molecular flexibility index (Phi) is 4.31. The molecule has 9 nitrogen and oxygen atoms in total. The van der Waals surface area contributed by atoms with Crippen molar-refractivity contribution in [2.75, 3.05) is 11.5 Å². The Morgan fingerprint density at radius 1 is 1.27 bits per heavy atom. The number of ether oxygens (including phenoxy) is 1. The Balaban J connectivity index is 1.96. The summed E-state index contributed by atoms with van der Waals surface area (Å²) >= 11 is 0. The number of hydrazone groups is 1. The van der Waals surface area contributed by atoms with E-state index in [0.29, 0.717) is 10.8 Å². The number of hydrogen-bond donors (Lipinski definition) is 0. The van der Waals surface area contributed by atoms with Gasteiger partial charge in [0, 0.05) is 6.42 Å². The maximum Gasteiger partial charge on any atom is 0.354 e. The van der Waals surface area contributed by atoms with Gasteiger partial charge < -0.3 is 4.74 Å². The van der Waals surface area contributed by atoms with Crippen LogP contribution in [0.15, 0.2) is 28.6 Å². The highest BCUT2D eigenvalue weighted by atomic mass is 16.5. The average Bonchev–Trinajstić information content (AvgIpc) is 3.09. The fraction of sp³-hybridized carbons (Fsp3) is 0.412. The van der Waals surface area contributed by atoms with Crippen molar-refractivity contribution >= 4 is 29.2 Å². The van der Waals surface area contributed by atoms with Crippen LogP contribution in [0.2, 0.25) is 0 Å². The van der Waals surface area contributed by atoms with Crippen molar-refractivity contribution in [2.45, 2.75) is 39.2 Å². The third-order valence-corrected chi connectivity index (χ3v) is 4.69. The number of rotatable bonds is 4. The molecule has 1 aromatic rings. The number of esters is 1. The van der Waals surface area contributed by atoms with Crippen molar-refractivity contribution in [3.8, 4) is 0 Å². The number of nitrogens with zero attached hydrogens (tertiary/aromatic N) is 4. The fourth-order valence-electron chi connectivity index (χ4n) is 3.16. The maximum absolute atomic E-state index is 13.1. The van der Waals surface area contributed by atoms with Gasteiger partial charge in [-0.3, -0.25) is 9.59 Å². The third kappa shape index (κ3) is 2.56. The first-order chi connectivity index (χ1) is 12.3. The largest absolute Gasteiger partial charge is 0.461 e. The maximum atomic E-state index is 13.1. The zero-order chi connectivity index (χ0) is 19.1. The van der Waals surface area contributed by atoms with E-state index in [1.165, 1.54) is 0 Å². The van der Waals surface area contributed by atoms with Crippen LogP contribution in [0.3, 0.4) is 0 Å². The van der Waals surface area contributed by atoms with E-state index in [2.05, 4.69) is 10.4 Å². The van der Waals surface area contributed by atoms with Crippen molar-refractivity contribution in [1.29, 1.82) is 0 Å². The van der Waals surface area contributed by atoms with Crippen LogP contribution in [0.1, 0.15) is 30.9 Å². The lowest BCUT2D eigenvalue weighted by Crippen LogP contribution is -2.48. The number of aryl methyl sites for hydroxylation is 2. The van der Waals surface area contributed by atoms with Gasteiger partial charge in [0.25, 0.3) is 5.91 Å². The molecule has 0 N–H and O–H groups in total. The van der Waals surface area contributed by atoms with Crippen molar-refractivity contribution < 1.29 is 19.1 Å². The lowest BCUT2D eigenvalue weighted by molar-refractivity contribution is -0.135. The number of nitroso groups, excluding NO2 is 1. The van der Waals surface area contributed by atoms with Gasteiger partial charge in [-0.25, -0.2) is 9.69 Å². The summed E-state index contributed by atoms with van der Waals surface area (Å²) in [5, 5.41) is 7.18. The Bertz CT molecular complexity index is 850. The normalized spacial score (nSPS) is 22.2. The summed E-state index contributed by atoms with van der Waals surface area (Å²) in [6, 6.07) is 5.20. The molecular formula is C17H18N4O5. The molecule has 26 heavy (non-hydrogen) atoms. The van der Waals surface area contributed by atoms with E-state index < -0.39 is 23.3 Å². The van der Waals surface area contributed by atoms with E-state index in [9.17, 15) is 19.3 Å². The summed E-state index contributed by atoms with van der Waals surface area (Å²) in [5.74, 6) is -1.84. The zero-order valence-corrected chi connectivity index (χ0v) is 14.7. The van der Waals surface area contributed by atoms with Crippen LogP contribution in [0, 0.1) is 18.8 Å². The summed E-state index contributed by atoms with van der Waals surface area (Å²) in [7, 11) is 0. The van der Waals surface area contributed by atoms with Crippen molar-refractivity contribution in [3.63, 3.8) is 0 Å². The van der Waals surface area contributed by atoms with Gasteiger partial charge in [0.15, 0.2) is 11.3 Å². The molecule has 0 saturated carbocycles. The highest BCUT2D eigenvalue weighted by Gasteiger charge is 2.61. The van der Waals surface area contributed by atoms with Crippen LogP contribution in [0.5, 0.6) is 0 Å². The molecule has 2 aliphatic heterocycles. The molecule has 136 valence electrons. The summed E-state index contributed by atoms with van der Waals surface area (Å²) in [4.78, 5) is 49.8. The van der Waals surface area contributed by atoms with Gasteiger partial charge >= 0.3 is 5.97 Å². The monoisotopic (exact) mass is 358 g/mol. The predicted molar refractivity (Wildman–Crippen MR) is 92.1 cm³/mol. The van der Waals surface area contributed by atoms with Crippen LogP contribution >= 0.6 is 0 Å². The minimum Gasteiger partial charge on any atom is -0.461 e. The Hall–Kier alpha value is -3.10. The Labute approximate surface area is 149 Å². The molecule has 2 heterocycles. The van der Waals surface area contributed by atoms with E-state index >= 15 is 0 Å². The van der Waals surface area contributed by atoms with Gasteiger partial charge in [0.2, 0.25) is 5.91 Å². The number of imide groups is 1. The van der Waals surface area contributed by atoms with Crippen LogP contribution in [0.25, 0.3) is 0 Å². The highest BCUT2D eigenvalue weighted by molar-refractivity contribution is 6.39. The number of amides is 2. The second kappa shape index (κ2) is 6.32.